The van der Waals surface area contributed by atoms with E-state index in [1.54, 1.807) is 36.4 Å². The molecule has 4 rings (SSSR count). The number of benzene rings is 2. The quantitative estimate of drug-likeness (QED) is 0.0251. The monoisotopic (exact) mass is 968 g/mol. The highest BCUT2D eigenvalue weighted by Gasteiger charge is 2.42. The summed E-state index contributed by atoms with van der Waals surface area (Å²) in [4.78, 5) is 4.03. The number of unbranched alkanes of at least 4 members (excludes halogenated alkanes) is 16. The van der Waals surface area contributed by atoms with Crippen molar-refractivity contribution in [3.05, 3.63) is 88.6 Å². The molecule has 4 atom stereocenters. The van der Waals surface area contributed by atoms with Gasteiger partial charge in [0.15, 0.2) is 17.2 Å². The van der Waals surface area contributed by atoms with Crippen molar-refractivity contribution < 1.29 is 41.8 Å². The minimum atomic E-state index is -4.66. The van der Waals surface area contributed by atoms with Crippen LogP contribution >= 0.6 is 19.4 Å². The minimum absolute atomic E-state index is 0.00192. The third-order valence-electron chi connectivity index (χ3n) is 11.5. The molecule has 0 aliphatic rings. The lowest BCUT2D eigenvalue weighted by Gasteiger charge is -2.33. The molecule has 0 saturated heterocycles. The van der Waals surface area contributed by atoms with E-state index in [4.69, 9.17) is 45.1 Å². The van der Waals surface area contributed by atoms with Crippen LogP contribution in [0.1, 0.15) is 166 Å². The lowest BCUT2D eigenvalue weighted by atomic mass is 9.96. The van der Waals surface area contributed by atoms with Gasteiger partial charge < -0.3 is 29.6 Å². The number of aromatic nitrogens is 3. The van der Waals surface area contributed by atoms with Crippen molar-refractivity contribution >= 4 is 30.8 Å². The first-order valence-electron chi connectivity index (χ1n) is 23.8. The molecule has 0 spiro atoms. The molecule has 2 aromatic carbocycles. The lowest BCUT2D eigenvalue weighted by molar-refractivity contribution is -0.219. The highest BCUT2D eigenvalue weighted by atomic mass is 35.5. The summed E-state index contributed by atoms with van der Waals surface area (Å²) in [6.45, 7) is 4.14. The summed E-state index contributed by atoms with van der Waals surface area (Å²) in [5.41, 5.74) is 5.72. The van der Waals surface area contributed by atoms with Gasteiger partial charge in [-0.15, -0.1) is 0 Å². The highest BCUT2D eigenvalue weighted by molar-refractivity contribution is 7.49. The number of anilines is 1. The van der Waals surface area contributed by atoms with Crippen molar-refractivity contribution in [1.82, 2.24) is 14.6 Å². The highest BCUT2D eigenvalue weighted by Crippen LogP contribution is 2.52. The predicted octanol–water partition coefficient (Wildman–Crippen LogP) is 12.9. The van der Waals surface area contributed by atoms with Crippen molar-refractivity contribution in [2.75, 3.05) is 26.1 Å². The van der Waals surface area contributed by atoms with Gasteiger partial charge in [-0.2, -0.15) is 15.6 Å². The second kappa shape index (κ2) is 29.0. The van der Waals surface area contributed by atoms with Gasteiger partial charge in [0, 0.05) is 13.5 Å². The number of para-hydroxylation sites is 1. The van der Waals surface area contributed by atoms with Crippen LogP contribution in [0.15, 0.2) is 60.9 Å². The molecule has 368 valence electrons. The van der Waals surface area contributed by atoms with E-state index in [1.165, 1.54) is 127 Å². The summed E-state index contributed by atoms with van der Waals surface area (Å²) in [5.74, 6) is -2.05. The number of hydrogen-bond acceptors (Lipinski definition) is 13. The van der Waals surface area contributed by atoms with Gasteiger partial charge in [0.2, 0.25) is 0 Å². The first-order valence-corrected chi connectivity index (χ1v) is 25.7. The molecule has 3 N–H and O–H groups in total. The van der Waals surface area contributed by atoms with E-state index >= 15 is 0 Å². The molecule has 0 aliphatic carbocycles. The number of phosphoric ester groups is 1. The maximum Gasteiger partial charge on any atom is 0.530 e. The molecule has 17 heteroatoms. The van der Waals surface area contributed by atoms with Gasteiger partial charge in [-0.3, -0.25) is 9.05 Å². The number of halogens is 2. The fourth-order valence-corrected chi connectivity index (χ4v) is 9.33. The summed E-state index contributed by atoms with van der Waals surface area (Å²) in [6, 6.07) is 17.8. The van der Waals surface area contributed by atoms with Crippen LogP contribution < -0.4 is 10.3 Å². The molecule has 0 fully saturated rings. The van der Waals surface area contributed by atoms with Crippen LogP contribution in [-0.2, 0) is 34.4 Å². The lowest BCUT2D eigenvalue weighted by Crippen LogP contribution is -2.39. The molecule has 1 unspecified atom stereocenters. The van der Waals surface area contributed by atoms with Gasteiger partial charge in [-0.1, -0.05) is 140 Å². The number of hydrogen-bond donors (Lipinski definition) is 2. The van der Waals surface area contributed by atoms with Crippen LogP contribution in [0.25, 0.3) is 5.52 Å². The second-order valence-electron chi connectivity index (χ2n) is 17.6. The van der Waals surface area contributed by atoms with Gasteiger partial charge in [-0.05, 0) is 68.3 Å². The van der Waals surface area contributed by atoms with Crippen molar-refractivity contribution in [1.29, 1.82) is 10.5 Å². The molecule has 2 aromatic heterocycles. The molecule has 0 saturated carbocycles. The number of nitrogen functional groups attached to an aromatic ring is 1. The number of nitrogens with two attached hydrogens (primary N) is 1. The van der Waals surface area contributed by atoms with Crippen LogP contribution in [-0.4, -0.2) is 57.5 Å². The van der Waals surface area contributed by atoms with E-state index in [1.807, 2.05) is 6.07 Å². The van der Waals surface area contributed by atoms with E-state index in [-0.39, 0.29) is 41.8 Å². The van der Waals surface area contributed by atoms with Crippen LogP contribution in [0.5, 0.6) is 5.75 Å². The standard InChI is InChI=1S/C50H71ClFN6O8P/c1-5-6-7-8-9-10-11-12-13-14-15-16-17-18-19-20-21-24-42(62-34-40-29-39(33-53)30-41(52)31-40)35-63-67(60,66-46-26-23-22-25-43(46)51)64-37-50(36-54,61-4)32-47(65-49(2,3)59)44-27-28-45-48(55)56-38-57-58(44)45/h22-23,25-31,38,42,47,59H,5-21,24,32,34-35,37H2,1-4H3,(H2,55,56,57)/t42-,47+,50+,67?/m0/s1. The van der Waals surface area contributed by atoms with Crippen LogP contribution in [0.4, 0.5) is 10.2 Å². The Bertz CT molecular complexity index is 2210. The largest absolute Gasteiger partial charge is 0.530 e. The second-order valence-corrected chi connectivity index (χ2v) is 19.6. The molecular weight excluding hydrogens is 898 g/mol. The Kier molecular flexibility index (Phi) is 24.0. The minimum Gasteiger partial charge on any atom is -0.402 e. The third-order valence-corrected chi connectivity index (χ3v) is 13.1. The predicted molar refractivity (Wildman–Crippen MR) is 258 cm³/mol. The fourth-order valence-electron chi connectivity index (χ4n) is 7.81. The van der Waals surface area contributed by atoms with Crippen LogP contribution in [0.3, 0.4) is 0 Å². The smallest absolute Gasteiger partial charge is 0.402 e. The number of ether oxygens (including phenoxy) is 3. The number of fused-ring (bicyclic) bond motifs is 1. The van der Waals surface area contributed by atoms with Crippen LogP contribution in [0, 0.1) is 28.5 Å². The van der Waals surface area contributed by atoms with E-state index in [2.05, 4.69) is 23.1 Å². The summed E-state index contributed by atoms with van der Waals surface area (Å²) >= 11 is 6.45. The SMILES string of the molecule is CCCCCCCCCCCCCCCCCCC[C@@H](COP(=O)(OC[C@](C#N)(C[C@@H](OC(C)(C)O)c1ccc2c(N)ncnn12)OC)Oc1ccccc1Cl)OCc1cc(F)cc(C#N)c1. The number of nitriles is 2. The molecule has 0 bridgehead atoms. The van der Waals surface area contributed by atoms with Gasteiger partial charge >= 0.3 is 7.82 Å². The van der Waals surface area contributed by atoms with E-state index in [0.29, 0.717) is 23.2 Å². The average Bonchev–Trinajstić information content (AvgIpc) is 3.75. The van der Waals surface area contributed by atoms with Crippen molar-refractivity contribution in [3.8, 4) is 17.9 Å². The molecule has 4 aromatic rings. The topological polar surface area (TPSA) is 196 Å². The van der Waals surface area contributed by atoms with E-state index in [9.17, 15) is 24.6 Å². The van der Waals surface area contributed by atoms with Crippen molar-refractivity contribution in [3.63, 3.8) is 0 Å². The molecule has 2 heterocycles. The maximum absolute atomic E-state index is 14.8. The Morgan fingerprint density at radius 3 is 2.10 bits per heavy atom. The third kappa shape index (κ3) is 19.8. The van der Waals surface area contributed by atoms with Crippen LogP contribution in [0.2, 0.25) is 5.02 Å². The number of phosphoric acid groups is 1. The number of aliphatic hydroxyl groups is 1. The normalized spacial score (nSPS) is 14.5. The Hall–Kier alpha value is -4.15. The van der Waals surface area contributed by atoms with Gasteiger partial charge in [-0.25, -0.2) is 18.5 Å². The molecule has 67 heavy (non-hydrogen) atoms. The Morgan fingerprint density at radius 1 is 0.896 bits per heavy atom. The number of methoxy groups -OCH3 is 1. The number of rotatable bonds is 35. The Morgan fingerprint density at radius 2 is 1.52 bits per heavy atom. The first-order chi connectivity index (χ1) is 32.2. The Labute approximate surface area is 401 Å². The molecule has 14 nitrogen and oxygen atoms in total. The molecular formula is C50H71ClFN6O8P. The zero-order valence-electron chi connectivity index (χ0n) is 39.8. The summed E-state index contributed by atoms with van der Waals surface area (Å²) in [5, 5.41) is 35.3. The summed E-state index contributed by atoms with van der Waals surface area (Å²) in [6.07, 6.45) is 20.8. The van der Waals surface area contributed by atoms with Gasteiger partial charge in [0.05, 0.1) is 41.7 Å². The van der Waals surface area contributed by atoms with E-state index in [0.717, 1.165) is 31.7 Å². The zero-order chi connectivity index (χ0) is 48.5. The average molecular weight is 970 g/mol. The summed E-state index contributed by atoms with van der Waals surface area (Å²) < 4.78 is 66.6. The molecule has 0 aliphatic heterocycles. The van der Waals surface area contributed by atoms with Gasteiger partial charge in [0.1, 0.15) is 42.2 Å². The first kappa shape index (κ1) is 55.4. The maximum atomic E-state index is 14.8. The zero-order valence-corrected chi connectivity index (χ0v) is 41.5. The Balaban J connectivity index is 1.42. The van der Waals surface area contributed by atoms with Crippen molar-refractivity contribution in [2.24, 2.45) is 0 Å². The number of nitrogens with zero attached hydrogens (tertiary/aromatic N) is 5. The summed E-state index contributed by atoms with van der Waals surface area (Å²) in [7, 11) is -3.37. The van der Waals surface area contributed by atoms with Crippen molar-refractivity contribution in [2.45, 2.75) is 173 Å². The van der Waals surface area contributed by atoms with Gasteiger partial charge in [0.25, 0.3) is 0 Å². The molecule has 0 amide bonds. The fraction of sp³-hybridized carbons (Fsp3) is 0.600. The van der Waals surface area contributed by atoms with E-state index < -0.39 is 43.8 Å². The molecule has 0 radical (unpaired) electrons.